The predicted octanol–water partition coefficient (Wildman–Crippen LogP) is 3.12. The fraction of sp³-hybridized carbons (Fsp3) is 0.357. The zero-order valence-electron chi connectivity index (χ0n) is 10.3. The summed E-state index contributed by atoms with van der Waals surface area (Å²) < 4.78 is 5.29. The first-order valence-electron chi connectivity index (χ1n) is 6.17. The van der Waals surface area contributed by atoms with Crippen molar-refractivity contribution in [3.8, 4) is 5.75 Å². The topological polar surface area (TPSA) is 34.1 Å². The number of benzene rings is 1. The molecule has 1 aromatic heterocycles. The summed E-state index contributed by atoms with van der Waals surface area (Å²) in [5.74, 6) is 0.948. The molecule has 1 aliphatic carbocycles. The molecule has 2 aromatic rings. The molecule has 1 aliphatic rings. The van der Waals surface area contributed by atoms with Crippen molar-refractivity contribution in [2.24, 2.45) is 0 Å². The van der Waals surface area contributed by atoms with Gasteiger partial charge in [-0.15, -0.1) is 11.3 Å². The zero-order chi connectivity index (χ0) is 12.4. The van der Waals surface area contributed by atoms with Gasteiger partial charge in [-0.3, -0.25) is 0 Å². The van der Waals surface area contributed by atoms with Crippen LogP contribution in [0.1, 0.15) is 17.5 Å². The molecule has 1 heterocycles. The van der Waals surface area contributed by atoms with Crippen LogP contribution in [0.25, 0.3) is 0 Å². The number of rotatable bonds is 3. The summed E-state index contributed by atoms with van der Waals surface area (Å²) in [5.41, 5.74) is 2.85. The average molecular weight is 260 g/mol. The molecule has 1 atom stereocenters. The number of ether oxygens (including phenoxy) is 1. The lowest BCUT2D eigenvalue weighted by Gasteiger charge is -2.25. The molecule has 1 N–H and O–H groups in total. The summed E-state index contributed by atoms with van der Waals surface area (Å²) in [7, 11) is 1.72. The molecule has 0 fully saturated rings. The van der Waals surface area contributed by atoms with Crippen LogP contribution in [-0.4, -0.2) is 18.1 Å². The van der Waals surface area contributed by atoms with Crippen LogP contribution in [-0.2, 0) is 12.8 Å². The maximum atomic E-state index is 5.29. The highest BCUT2D eigenvalue weighted by Gasteiger charge is 2.19. The fourth-order valence-electron chi connectivity index (χ4n) is 2.45. The molecule has 3 nitrogen and oxygen atoms in total. The van der Waals surface area contributed by atoms with Gasteiger partial charge in [0.25, 0.3) is 0 Å². The van der Waals surface area contributed by atoms with E-state index in [0.29, 0.717) is 6.04 Å². The number of hydrogen-bond acceptors (Lipinski definition) is 4. The molecule has 0 bridgehead atoms. The Balaban J connectivity index is 1.75. The van der Waals surface area contributed by atoms with E-state index in [9.17, 15) is 0 Å². The molecule has 1 aromatic carbocycles. The van der Waals surface area contributed by atoms with Crippen LogP contribution in [0.3, 0.4) is 0 Å². The first kappa shape index (κ1) is 11.5. The standard InChI is InChI=1S/C14H16N2OS/c1-17-13-5-3-10-2-4-12(8-11(10)9-13)16-14-15-6-7-18-14/h3,5-7,9,12H,2,4,8H2,1H3,(H,15,16). The van der Waals surface area contributed by atoms with E-state index in [1.165, 1.54) is 17.5 Å². The third-order valence-corrected chi connectivity index (χ3v) is 4.11. The second kappa shape index (κ2) is 4.98. The van der Waals surface area contributed by atoms with Crippen LogP contribution in [0.2, 0.25) is 0 Å². The molecule has 0 saturated carbocycles. The van der Waals surface area contributed by atoms with Crippen molar-refractivity contribution in [1.29, 1.82) is 0 Å². The number of nitrogens with zero attached hydrogens (tertiary/aromatic N) is 1. The third kappa shape index (κ3) is 2.34. The molecule has 0 radical (unpaired) electrons. The third-order valence-electron chi connectivity index (χ3n) is 3.40. The summed E-state index contributed by atoms with van der Waals surface area (Å²) in [4.78, 5) is 4.28. The van der Waals surface area contributed by atoms with Crippen molar-refractivity contribution < 1.29 is 4.74 Å². The minimum atomic E-state index is 0.482. The van der Waals surface area contributed by atoms with E-state index in [2.05, 4.69) is 22.4 Å². The number of aromatic nitrogens is 1. The van der Waals surface area contributed by atoms with Crippen molar-refractivity contribution in [3.63, 3.8) is 0 Å². The monoisotopic (exact) mass is 260 g/mol. The van der Waals surface area contributed by atoms with Gasteiger partial charge >= 0.3 is 0 Å². The number of methoxy groups -OCH3 is 1. The lowest BCUT2D eigenvalue weighted by Crippen LogP contribution is -2.27. The number of anilines is 1. The van der Waals surface area contributed by atoms with E-state index in [1.54, 1.807) is 18.4 Å². The fourth-order valence-corrected chi connectivity index (χ4v) is 3.06. The Morgan fingerprint density at radius 3 is 3.11 bits per heavy atom. The molecule has 94 valence electrons. The lowest BCUT2D eigenvalue weighted by molar-refractivity contribution is 0.413. The first-order chi connectivity index (χ1) is 8.85. The van der Waals surface area contributed by atoms with Crippen LogP contribution in [0.5, 0.6) is 5.75 Å². The molecule has 4 heteroatoms. The van der Waals surface area contributed by atoms with Gasteiger partial charge in [0.05, 0.1) is 7.11 Å². The second-order valence-electron chi connectivity index (χ2n) is 4.56. The van der Waals surface area contributed by atoms with Gasteiger partial charge in [-0.2, -0.15) is 0 Å². The smallest absolute Gasteiger partial charge is 0.182 e. The van der Waals surface area contributed by atoms with Crippen LogP contribution in [0, 0.1) is 0 Å². The maximum absolute atomic E-state index is 5.29. The summed E-state index contributed by atoms with van der Waals surface area (Å²) in [6.07, 6.45) is 5.18. The highest BCUT2D eigenvalue weighted by molar-refractivity contribution is 7.13. The van der Waals surface area contributed by atoms with Gasteiger partial charge in [0.15, 0.2) is 5.13 Å². The molecule has 1 unspecified atom stereocenters. The minimum absolute atomic E-state index is 0.482. The molecule has 0 aliphatic heterocycles. The Kier molecular flexibility index (Phi) is 3.19. The van der Waals surface area contributed by atoms with Gasteiger partial charge in [0, 0.05) is 17.6 Å². The Labute approximate surface area is 111 Å². The van der Waals surface area contributed by atoms with Crippen LogP contribution in [0.4, 0.5) is 5.13 Å². The quantitative estimate of drug-likeness (QED) is 0.920. The van der Waals surface area contributed by atoms with Crippen molar-refractivity contribution in [2.45, 2.75) is 25.3 Å². The highest BCUT2D eigenvalue weighted by atomic mass is 32.1. The Bertz CT molecular complexity index is 525. The predicted molar refractivity (Wildman–Crippen MR) is 74.5 cm³/mol. The maximum Gasteiger partial charge on any atom is 0.182 e. The minimum Gasteiger partial charge on any atom is -0.497 e. The van der Waals surface area contributed by atoms with Gasteiger partial charge in [-0.1, -0.05) is 6.07 Å². The van der Waals surface area contributed by atoms with Crippen molar-refractivity contribution in [3.05, 3.63) is 40.9 Å². The van der Waals surface area contributed by atoms with Gasteiger partial charge in [0.1, 0.15) is 5.75 Å². The first-order valence-corrected chi connectivity index (χ1v) is 7.05. The lowest BCUT2D eigenvalue weighted by atomic mass is 9.88. The number of thiazole rings is 1. The molecule has 0 saturated heterocycles. The molecular weight excluding hydrogens is 244 g/mol. The van der Waals surface area contributed by atoms with Gasteiger partial charge < -0.3 is 10.1 Å². The van der Waals surface area contributed by atoms with Gasteiger partial charge in [-0.25, -0.2) is 4.98 Å². The van der Waals surface area contributed by atoms with Crippen LogP contribution >= 0.6 is 11.3 Å². The number of nitrogens with one attached hydrogen (secondary N) is 1. The number of hydrogen-bond donors (Lipinski definition) is 1. The summed E-state index contributed by atoms with van der Waals surface area (Å²) in [6, 6.07) is 6.88. The van der Waals surface area contributed by atoms with E-state index in [4.69, 9.17) is 4.74 Å². The average Bonchev–Trinajstić information content (AvgIpc) is 2.90. The summed E-state index contributed by atoms with van der Waals surface area (Å²) in [5, 5.41) is 6.53. The Hall–Kier alpha value is -1.55. The van der Waals surface area contributed by atoms with Crippen LogP contribution < -0.4 is 10.1 Å². The zero-order valence-corrected chi connectivity index (χ0v) is 11.2. The second-order valence-corrected chi connectivity index (χ2v) is 5.45. The SMILES string of the molecule is COc1ccc2c(c1)CC(Nc1nccs1)CC2. The number of aryl methyl sites for hydroxylation is 1. The van der Waals surface area contributed by atoms with Crippen molar-refractivity contribution in [1.82, 2.24) is 4.98 Å². The van der Waals surface area contributed by atoms with E-state index in [0.717, 1.165) is 23.7 Å². The number of fused-ring (bicyclic) bond motifs is 1. The van der Waals surface area contributed by atoms with E-state index in [-0.39, 0.29) is 0 Å². The van der Waals surface area contributed by atoms with E-state index >= 15 is 0 Å². The van der Waals surface area contributed by atoms with Crippen molar-refractivity contribution >= 4 is 16.5 Å². The Morgan fingerprint density at radius 1 is 1.39 bits per heavy atom. The van der Waals surface area contributed by atoms with Gasteiger partial charge in [-0.05, 0) is 42.5 Å². The van der Waals surface area contributed by atoms with Crippen LogP contribution in [0.15, 0.2) is 29.8 Å². The van der Waals surface area contributed by atoms with E-state index < -0.39 is 0 Å². The molecular formula is C14H16N2OS. The summed E-state index contributed by atoms with van der Waals surface area (Å²) >= 11 is 1.66. The largest absolute Gasteiger partial charge is 0.497 e. The van der Waals surface area contributed by atoms with Crippen molar-refractivity contribution in [2.75, 3.05) is 12.4 Å². The Morgan fingerprint density at radius 2 is 2.33 bits per heavy atom. The molecule has 18 heavy (non-hydrogen) atoms. The van der Waals surface area contributed by atoms with Gasteiger partial charge in [0.2, 0.25) is 0 Å². The normalized spacial score (nSPS) is 18.2. The molecule has 0 spiro atoms. The molecule has 0 amide bonds. The highest BCUT2D eigenvalue weighted by Crippen LogP contribution is 2.27. The summed E-state index contributed by atoms with van der Waals surface area (Å²) in [6.45, 7) is 0. The van der Waals surface area contributed by atoms with E-state index in [1.807, 2.05) is 17.6 Å². The molecule has 3 rings (SSSR count).